The summed E-state index contributed by atoms with van der Waals surface area (Å²) in [4.78, 5) is 15.3. The Morgan fingerprint density at radius 2 is 2.46 bits per heavy atom. The molecule has 0 spiro atoms. The van der Waals surface area contributed by atoms with Crippen LogP contribution in [0, 0.1) is 3.83 Å². The second-order valence-corrected chi connectivity index (χ2v) is 4.01. The Labute approximate surface area is 90.9 Å². The van der Waals surface area contributed by atoms with Gasteiger partial charge >= 0.3 is 0 Å². The van der Waals surface area contributed by atoms with Crippen LogP contribution in [0.4, 0.5) is 0 Å². The van der Waals surface area contributed by atoms with E-state index in [2.05, 4.69) is 32.9 Å². The number of halogens is 1. The first-order valence-electron chi connectivity index (χ1n) is 4.05. The van der Waals surface area contributed by atoms with Gasteiger partial charge in [0.1, 0.15) is 6.54 Å². The molecule has 5 heteroatoms. The van der Waals surface area contributed by atoms with Crippen molar-refractivity contribution in [1.82, 2.24) is 14.9 Å². The molecule has 1 aromatic heterocycles. The van der Waals surface area contributed by atoms with E-state index < -0.39 is 0 Å². The van der Waals surface area contributed by atoms with Gasteiger partial charge in [0.25, 0.3) is 0 Å². The Kier molecular flexibility index (Phi) is 3.71. The Morgan fingerprint density at radius 3 is 2.92 bits per heavy atom. The molecule has 0 saturated carbocycles. The molecule has 0 aliphatic heterocycles. The van der Waals surface area contributed by atoms with Crippen molar-refractivity contribution in [3.63, 3.8) is 0 Å². The van der Waals surface area contributed by atoms with Crippen LogP contribution in [0.1, 0.15) is 13.8 Å². The number of carbonyl (C=O) groups excluding carboxylic acids is 1. The molecular formula is C8H12IN3O. The minimum Gasteiger partial charge on any atom is -0.352 e. The third-order valence-electron chi connectivity index (χ3n) is 1.43. The summed E-state index contributed by atoms with van der Waals surface area (Å²) < 4.78 is 2.63. The Hall–Kier alpha value is -0.590. The van der Waals surface area contributed by atoms with Crippen molar-refractivity contribution in [2.75, 3.05) is 0 Å². The van der Waals surface area contributed by atoms with E-state index in [4.69, 9.17) is 0 Å². The van der Waals surface area contributed by atoms with Gasteiger partial charge in [0.15, 0.2) is 3.83 Å². The first-order chi connectivity index (χ1) is 6.09. The SMILES string of the molecule is CC(C)NC(=O)Cn1ccnc1I. The maximum Gasteiger partial charge on any atom is 0.240 e. The van der Waals surface area contributed by atoms with E-state index in [0.717, 1.165) is 3.83 Å². The summed E-state index contributed by atoms with van der Waals surface area (Å²) in [5, 5.41) is 2.82. The number of aromatic nitrogens is 2. The lowest BCUT2D eigenvalue weighted by molar-refractivity contribution is -0.122. The number of nitrogens with one attached hydrogen (secondary N) is 1. The van der Waals surface area contributed by atoms with Gasteiger partial charge in [-0.3, -0.25) is 4.79 Å². The van der Waals surface area contributed by atoms with Crippen LogP contribution in [-0.4, -0.2) is 21.5 Å². The quantitative estimate of drug-likeness (QED) is 0.846. The lowest BCUT2D eigenvalue weighted by atomic mass is 10.4. The van der Waals surface area contributed by atoms with Crippen LogP contribution in [-0.2, 0) is 11.3 Å². The average Bonchev–Trinajstić information content (AvgIpc) is 2.34. The fourth-order valence-electron chi connectivity index (χ4n) is 0.951. The standard InChI is InChI=1S/C8H12IN3O/c1-6(2)11-7(13)5-12-4-3-10-8(12)9/h3-4,6H,5H2,1-2H3,(H,11,13). The summed E-state index contributed by atoms with van der Waals surface area (Å²) in [6.07, 6.45) is 3.48. The lowest BCUT2D eigenvalue weighted by Crippen LogP contribution is -2.33. The molecule has 1 N–H and O–H groups in total. The lowest BCUT2D eigenvalue weighted by Gasteiger charge is -2.08. The summed E-state index contributed by atoms with van der Waals surface area (Å²) in [6.45, 7) is 4.23. The second kappa shape index (κ2) is 4.59. The van der Waals surface area contributed by atoms with Crippen molar-refractivity contribution < 1.29 is 4.79 Å². The molecular weight excluding hydrogens is 281 g/mol. The Bertz CT molecular complexity index is 295. The van der Waals surface area contributed by atoms with E-state index in [1.165, 1.54) is 0 Å². The molecule has 72 valence electrons. The molecule has 4 nitrogen and oxygen atoms in total. The summed E-state index contributed by atoms with van der Waals surface area (Å²) in [5.74, 6) is 0.0194. The van der Waals surface area contributed by atoms with Crippen LogP contribution in [0.25, 0.3) is 0 Å². The zero-order valence-electron chi connectivity index (χ0n) is 7.62. The largest absolute Gasteiger partial charge is 0.352 e. The van der Waals surface area contributed by atoms with Gasteiger partial charge in [-0.25, -0.2) is 4.98 Å². The van der Waals surface area contributed by atoms with Gasteiger partial charge in [-0.15, -0.1) is 0 Å². The van der Waals surface area contributed by atoms with Crippen LogP contribution in [0.2, 0.25) is 0 Å². The molecule has 0 atom stereocenters. The monoisotopic (exact) mass is 293 g/mol. The molecule has 1 aromatic rings. The number of hydrogen-bond donors (Lipinski definition) is 1. The molecule has 0 bridgehead atoms. The minimum atomic E-state index is 0.0194. The maximum absolute atomic E-state index is 11.3. The molecule has 0 unspecified atom stereocenters. The first-order valence-corrected chi connectivity index (χ1v) is 5.13. The summed E-state index contributed by atoms with van der Waals surface area (Å²) in [7, 11) is 0. The van der Waals surface area contributed by atoms with Crippen LogP contribution in [0.15, 0.2) is 12.4 Å². The van der Waals surface area contributed by atoms with Crippen LogP contribution in [0.3, 0.4) is 0 Å². The Balaban J connectivity index is 2.50. The summed E-state index contributed by atoms with van der Waals surface area (Å²) in [6, 6.07) is 0.189. The molecule has 0 aliphatic rings. The van der Waals surface area contributed by atoms with Crippen molar-refractivity contribution in [2.24, 2.45) is 0 Å². The smallest absolute Gasteiger partial charge is 0.240 e. The average molecular weight is 293 g/mol. The van der Waals surface area contributed by atoms with E-state index in [0.29, 0.717) is 6.54 Å². The fourth-order valence-corrected chi connectivity index (χ4v) is 1.44. The number of nitrogens with zero attached hydrogens (tertiary/aromatic N) is 2. The molecule has 13 heavy (non-hydrogen) atoms. The molecule has 1 heterocycles. The van der Waals surface area contributed by atoms with E-state index in [1.54, 1.807) is 17.0 Å². The molecule has 0 aromatic carbocycles. The van der Waals surface area contributed by atoms with Gasteiger partial charge in [0.2, 0.25) is 5.91 Å². The van der Waals surface area contributed by atoms with Crippen molar-refractivity contribution >= 4 is 28.5 Å². The number of imidazole rings is 1. The van der Waals surface area contributed by atoms with Crippen LogP contribution >= 0.6 is 22.6 Å². The molecule has 0 fully saturated rings. The zero-order chi connectivity index (χ0) is 9.84. The first kappa shape index (κ1) is 10.5. The molecule has 1 amide bonds. The molecule has 0 aliphatic carbocycles. The predicted molar refractivity (Wildman–Crippen MR) is 58.2 cm³/mol. The van der Waals surface area contributed by atoms with Gasteiger partial charge in [0, 0.05) is 18.4 Å². The number of amides is 1. The van der Waals surface area contributed by atoms with Crippen molar-refractivity contribution in [3.8, 4) is 0 Å². The predicted octanol–water partition coefficient (Wildman–Crippen LogP) is 1.01. The number of carbonyl (C=O) groups is 1. The van der Waals surface area contributed by atoms with Crippen molar-refractivity contribution in [1.29, 1.82) is 0 Å². The van der Waals surface area contributed by atoms with Gasteiger partial charge in [-0.05, 0) is 36.4 Å². The highest BCUT2D eigenvalue weighted by atomic mass is 127. The summed E-state index contributed by atoms with van der Waals surface area (Å²) >= 11 is 2.09. The highest BCUT2D eigenvalue weighted by Crippen LogP contribution is 2.00. The highest BCUT2D eigenvalue weighted by Gasteiger charge is 2.05. The van der Waals surface area contributed by atoms with E-state index in [9.17, 15) is 4.79 Å². The van der Waals surface area contributed by atoms with Crippen molar-refractivity contribution in [2.45, 2.75) is 26.4 Å². The van der Waals surface area contributed by atoms with Gasteiger partial charge in [-0.2, -0.15) is 0 Å². The van der Waals surface area contributed by atoms with Crippen LogP contribution in [0.5, 0.6) is 0 Å². The fraction of sp³-hybridized carbons (Fsp3) is 0.500. The second-order valence-electron chi connectivity index (χ2n) is 3.05. The normalized spacial score (nSPS) is 10.5. The number of rotatable bonds is 3. The molecule has 0 radical (unpaired) electrons. The maximum atomic E-state index is 11.3. The zero-order valence-corrected chi connectivity index (χ0v) is 9.78. The van der Waals surface area contributed by atoms with E-state index in [1.807, 2.05) is 13.8 Å². The van der Waals surface area contributed by atoms with E-state index >= 15 is 0 Å². The van der Waals surface area contributed by atoms with Gasteiger partial charge < -0.3 is 9.88 Å². The topological polar surface area (TPSA) is 46.9 Å². The van der Waals surface area contributed by atoms with Crippen molar-refractivity contribution in [3.05, 3.63) is 16.2 Å². The van der Waals surface area contributed by atoms with Gasteiger partial charge in [0.05, 0.1) is 0 Å². The van der Waals surface area contributed by atoms with Gasteiger partial charge in [-0.1, -0.05) is 0 Å². The van der Waals surface area contributed by atoms with Crippen LogP contribution < -0.4 is 5.32 Å². The highest BCUT2D eigenvalue weighted by molar-refractivity contribution is 14.1. The van der Waals surface area contributed by atoms with E-state index in [-0.39, 0.29) is 11.9 Å². The third-order valence-corrected chi connectivity index (χ3v) is 2.33. The minimum absolute atomic E-state index is 0.0194. The Morgan fingerprint density at radius 1 is 1.77 bits per heavy atom. The molecule has 1 rings (SSSR count). The molecule has 0 saturated heterocycles. The summed E-state index contributed by atoms with van der Waals surface area (Å²) in [5.41, 5.74) is 0. The number of hydrogen-bond acceptors (Lipinski definition) is 2. The third kappa shape index (κ3) is 3.33.